The first-order chi connectivity index (χ1) is 15.0. The molecule has 2 heterocycles. The van der Waals surface area contributed by atoms with Gasteiger partial charge >= 0.3 is 0 Å². The summed E-state index contributed by atoms with van der Waals surface area (Å²) < 4.78 is 16.7. The van der Waals surface area contributed by atoms with E-state index in [1.165, 1.54) is 5.56 Å². The Bertz CT molecular complexity index is 1190. The molecule has 7 heteroatoms. The number of H-pyrrole nitrogens is 1. The fourth-order valence-electron chi connectivity index (χ4n) is 3.84. The zero-order valence-corrected chi connectivity index (χ0v) is 18.6. The molecule has 2 aromatic carbocycles. The summed E-state index contributed by atoms with van der Waals surface area (Å²) in [6.45, 7) is 7.85. The lowest BCUT2D eigenvalue weighted by Gasteiger charge is -2.12. The lowest BCUT2D eigenvalue weighted by Crippen LogP contribution is -2.11. The van der Waals surface area contributed by atoms with E-state index >= 15 is 0 Å². The lowest BCUT2D eigenvalue weighted by atomic mass is 9.95. The van der Waals surface area contributed by atoms with Crippen molar-refractivity contribution in [2.45, 2.75) is 33.2 Å². The van der Waals surface area contributed by atoms with Crippen LogP contribution in [0.15, 0.2) is 40.8 Å². The highest BCUT2D eigenvalue weighted by atomic mass is 16.5. The van der Waals surface area contributed by atoms with E-state index in [2.05, 4.69) is 46.5 Å². The molecule has 7 nitrogen and oxygen atoms in total. The van der Waals surface area contributed by atoms with Gasteiger partial charge in [-0.1, -0.05) is 20.8 Å². The monoisotopic (exact) mass is 420 g/mol. The van der Waals surface area contributed by atoms with Crippen LogP contribution in [0.5, 0.6) is 11.5 Å². The Morgan fingerprint density at radius 1 is 1.00 bits per heavy atom. The molecule has 2 N–H and O–H groups in total. The van der Waals surface area contributed by atoms with Crippen LogP contribution in [-0.2, 0) is 6.54 Å². The third-order valence-electron chi connectivity index (χ3n) is 5.33. The molecule has 0 spiro atoms. The molecule has 4 rings (SSSR count). The molecule has 162 valence electrons. The first kappa shape index (κ1) is 20.9. The van der Waals surface area contributed by atoms with Gasteiger partial charge in [-0.3, -0.25) is 0 Å². The molecule has 2 aromatic heterocycles. The number of aromatic nitrogens is 3. The first-order valence-electron chi connectivity index (χ1n) is 10.5. The molecule has 0 saturated carbocycles. The average molecular weight is 421 g/mol. The van der Waals surface area contributed by atoms with Crippen LogP contribution in [0.2, 0.25) is 0 Å². The van der Waals surface area contributed by atoms with Crippen molar-refractivity contribution in [3.63, 3.8) is 0 Å². The predicted octanol–water partition coefficient (Wildman–Crippen LogP) is 5.14. The minimum atomic E-state index is 0.305. The molecule has 0 aliphatic carbocycles. The highest BCUT2D eigenvalue weighted by Gasteiger charge is 2.19. The van der Waals surface area contributed by atoms with E-state index in [1.54, 1.807) is 14.2 Å². The number of rotatable bonds is 8. The fraction of sp³-hybridized carbons (Fsp3) is 0.333. The zero-order valence-electron chi connectivity index (χ0n) is 18.6. The third-order valence-corrected chi connectivity index (χ3v) is 5.33. The highest BCUT2D eigenvalue weighted by molar-refractivity contribution is 5.94. The zero-order chi connectivity index (χ0) is 22.0. The van der Waals surface area contributed by atoms with E-state index in [0.717, 1.165) is 34.3 Å². The van der Waals surface area contributed by atoms with Crippen LogP contribution >= 0.6 is 0 Å². The molecule has 4 aromatic rings. The molecule has 0 bridgehead atoms. The second-order valence-electron chi connectivity index (χ2n) is 7.68. The van der Waals surface area contributed by atoms with Gasteiger partial charge in [-0.05, 0) is 54.4 Å². The van der Waals surface area contributed by atoms with Crippen LogP contribution in [0.25, 0.3) is 33.6 Å². The Morgan fingerprint density at radius 3 is 2.48 bits per heavy atom. The van der Waals surface area contributed by atoms with Gasteiger partial charge in [-0.2, -0.15) is 0 Å². The van der Waals surface area contributed by atoms with Gasteiger partial charge in [0, 0.05) is 22.0 Å². The molecular weight excluding hydrogens is 392 g/mol. The number of nitrogens with zero attached hydrogens (tertiary/aromatic N) is 2. The van der Waals surface area contributed by atoms with Crippen LogP contribution in [0.4, 0.5) is 0 Å². The number of hydrogen-bond acceptors (Lipinski definition) is 6. The number of hydrogen-bond donors (Lipinski definition) is 2. The van der Waals surface area contributed by atoms with Crippen LogP contribution in [0.3, 0.4) is 0 Å². The second kappa shape index (κ2) is 8.81. The van der Waals surface area contributed by atoms with E-state index in [1.807, 2.05) is 31.2 Å². The number of ether oxygens (including phenoxy) is 2. The van der Waals surface area contributed by atoms with Crippen LogP contribution in [0, 0.1) is 0 Å². The smallest absolute Gasteiger partial charge is 0.247 e. The molecular formula is C24H28N4O3. The average Bonchev–Trinajstić information content (AvgIpc) is 3.41. The molecule has 0 aliphatic heterocycles. The number of methoxy groups -OCH3 is 2. The highest BCUT2D eigenvalue weighted by Crippen LogP contribution is 2.39. The topological polar surface area (TPSA) is 85.2 Å². The Hall–Kier alpha value is -3.32. The number of nitrogens with one attached hydrogen (secondary N) is 2. The molecule has 0 saturated heterocycles. The van der Waals surface area contributed by atoms with Crippen molar-refractivity contribution in [1.82, 2.24) is 20.5 Å². The van der Waals surface area contributed by atoms with Crippen molar-refractivity contribution in [2.75, 3.05) is 20.8 Å². The minimum Gasteiger partial charge on any atom is -0.493 e. The molecule has 0 radical (unpaired) electrons. The number of benzene rings is 2. The summed E-state index contributed by atoms with van der Waals surface area (Å²) in [4.78, 5) is 3.59. The van der Waals surface area contributed by atoms with Gasteiger partial charge in [-0.15, -0.1) is 10.2 Å². The second-order valence-corrected chi connectivity index (χ2v) is 7.68. The summed E-state index contributed by atoms with van der Waals surface area (Å²) in [6, 6.07) is 12.2. The molecule has 0 atom stereocenters. The van der Waals surface area contributed by atoms with E-state index in [0.29, 0.717) is 35.7 Å². The van der Waals surface area contributed by atoms with Crippen molar-refractivity contribution in [1.29, 1.82) is 0 Å². The number of fused-ring (bicyclic) bond motifs is 1. The molecule has 0 amide bonds. The van der Waals surface area contributed by atoms with E-state index in [9.17, 15) is 0 Å². The summed E-state index contributed by atoms with van der Waals surface area (Å²) in [5.41, 5.74) is 5.31. The summed E-state index contributed by atoms with van der Waals surface area (Å²) >= 11 is 0. The summed E-state index contributed by atoms with van der Waals surface area (Å²) in [5.74, 6) is 2.83. The third kappa shape index (κ3) is 4.01. The van der Waals surface area contributed by atoms with Gasteiger partial charge in [0.25, 0.3) is 0 Å². The first-order valence-corrected chi connectivity index (χ1v) is 10.5. The Morgan fingerprint density at radius 2 is 1.77 bits per heavy atom. The van der Waals surface area contributed by atoms with Gasteiger partial charge in [0.1, 0.15) is 0 Å². The normalized spacial score (nSPS) is 11.4. The molecule has 0 aliphatic rings. The summed E-state index contributed by atoms with van der Waals surface area (Å²) in [6.07, 6.45) is 0. The minimum absolute atomic E-state index is 0.305. The Labute approximate surface area is 181 Å². The van der Waals surface area contributed by atoms with Gasteiger partial charge in [0.15, 0.2) is 11.5 Å². The van der Waals surface area contributed by atoms with Crippen LogP contribution in [0.1, 0.15) is 38.1 Å². The lowest BCUT2D eigenvalue weighted by molar-refractivity contribution is 0.355. The Kier molecular flexibility index (Phi) is 5.95. The fourth-order valence-corrected chi connectivity index (χ4v) is 3.84. The maximum absolute atomic E-state index is 5.84. The summed E-state index contributed by atoms with van der Waals surface area (Å²) in [5, 5.41) is 12.7. The van der Waals surface area contributed by atoms with Gasteiger partial charge in [0.05, 0.1) is 26.5 Å². The number of aromatic amines is 1. The summed E-state index contributed by atoms with van der Waals surface area (Å²) in [7, 11) is 3.29. The molecule has 0 fully saturated rings. The van der Waals surface area contributed by atoms with Crippen LogP contribution < -0.4 is 14.8 Å². The van der Waals surface area contributed by atoms with Gasteiger partial charge in [0.2, 0.25) is 11.8 Å². The largest absolute Gasteiger partial charge is 0.493 e. The van der Waals surface area contributed by atoms with Crippen molar-refractivity contribution in [3.05, 3.63) is 47.9 Å². The van der Waals surface area contributed by atoms with Crippen molar-refractivity contribution in [2.24, 2.45) is 0 Å². The van der Waals surface area contributed by atoms with E-state index in [4.69, 9.17) is 13.9 Å². The molecule has 0 unspecified atom stereocenters. The van der Waals surface area contributed by atoms with Crippen molar-refractivity contribution in [3.8, 4) is 34.2 Å². The van der Waals surface area contributed by atoms with Gasteiger partial charge in [-0.25, -0.2) is 0 Å². The maximum atomic E-state index is 5.84. The van der Waals surface area contributed by atoms with E-state index < -0.39 is 0 Å². The maximum Gasteiger partial charge on any atom is 0.247 e. The van der Waals surface area contributed by atoms with E-state index in [-0.39, 0.29) is 0 Å². The van der Waals surface area contributed by atoms with Crippen molar-refractivity contribution >= 4 is 10.9 Å². The Balaban J connectivity index is 1.80. The standard InChI is InChI=1S/C24H28N4O3/c1-6-25-13-21-27-28-24(31-21)16-7-9-18-17(11-16)22(14(2)3)23(26-18)15-8-10-19(29-4)20(12-15)30-5/h7-12,14,25-26H,6,13H2,1-5H3. The predicted molar refractivity (Wildman–Crippen MR) is 122 cm³/mol. The quantitative estimate of drug-likeness (QED) is 0.411. The van der Waals surface area contributed by atoms with Crippen molar-refractivity contribution < 1.29 is 13.9 Å². The SMILES string of the molecule is CCNCc1nnc(-c2ccc3[nH]c(-c4ccc(OC)c(OC)c4)c(C(C)C)c3c2)o1. The van der Waals surface area contributed by atoms with Crippen LogP contribution in [-0.4, -0.2) is 35.9 Å². The van der Waals surface area contributed by atoms with Gasteiger partial charge < -0.3 is 24.2 Å². The molecule has 31 heavy (non-hydrogen) atoms.